The maximum Gasteiger partial charge on any atom is 0.174 e. The van der Waals surface area contributed by atoms with Gasteiger partial charge in [-0.25, -0.2) is 0 Å². The van der Waals surface area contributed by atoms with Crippen LogP contribution in [0.3, 0.4) is 0 Å². The van der Waals surface area contributed by atoms with Gasteiger partial charge in [0.15, 0.2) is 5.78 Å². The number of nitrogens with zero attached hydrogens (tertiary/aromatic N) is 1. The Hall–Kier alpha value is -1.48. The summed E-state index contributed by atoms with van der Waals surface area (Å²) >= 11 is 1.67. The van der Waals surface area contributed by atoms with E-state index in [1.165, 1.54) is 11.1 Å². The van der Waals surface area contributed by atoms with Gasteiger partial charge in [-0.15, -0.1) is 11.8 Å². The highest BCUT2D eigenvalue weighted by molar-refractivity contribution is 7.99. The van der Waals surface area contributed by atoms with Crippen molar-refractivity contribution in [1.82, 2.24) is 4.57 Å². The van der Waals surface area contributed by atoms with E-state index in [4.69, 9.17) is 0 Å². The number of Topliss-reactive ketones (excluding diaryl/α,β-unsaturated/α-hetero) is 1. The van der Waals surface area contributed by atoms with Crippen molar-refractivity contribution in [2.45, 2.75) is 12.7 Å². The van der Waals surface area contributed by atoms with Gasteiger partial charge in [0, 0.05) is 30.8 Å². The standard InChI is InChI=1S/C15H17NOS/c1-12-5-3-4-6-14(12)10-18-11-15(17)13-7-8-16(2)9-13/h3-9H,10-11H2,1-2H3. The molecule has 0 unspecified atom stereocenters. The minimum absolute atomic E-state index is 0.203. The van der Waals surface area contributed by atoms with Gasteiger partial charge < -0.3 is 4.57 Å². The van der Waals surface area contributed by atoms with Crippen molar-refractivity contribution in [2.75, 3.05) is 5.75 Å². The highest BCUT2D eigenvalue weighted by atomic mass is 32.2. The van der Waals surface area contributed by atoms with E-state index in [9.17, 15) is 4.79 Å². The number of thioether (sulfide) groups is 1. The van der Waals surface area contributed by atoms with Crippen LogP contribution in [0.25, 0.3) is 0 Å². The first kappa shape index (κ1) is 13.0. The van der Waals surface area contributed by atoms with Crippen molar-refractivity contribution in [3.05, 3.63) is 59.4 Å². The Kier molecular flexibility index (Phi) is 4.26. The molecular formula is C15H17NOS. The van der Waals surface area contributed by atoms with Gasteiger partial charge in [-0.05, 0) is 24.1 Å². The summed E-state index contributed by atoms with van der Waals surface area (Å²) in [4.78, 5) is 11.9. The van der Waals surface area contributed by atoms with Gasteiger partial charge in [0.2, 0.25) is 0 Å². The molecule has 18 heavy (non-hydrogen) atoms. The molecule has 2 rings (SSSR count). The molecule has 0 aliphatic rings. The Labute approximate surface area is 112 Å². The number of rotatable bonds is 5. The second-order valence-electron chi connectivity index (χ2n) is 4.41. The molecule has 0 amide bonds. The SMILES string of the molecule is Cc1ccccc1CSCC(=O)c1ccn(C)c1. The molecule has 0 spiro atoms. The van der Waals surface area contributed by atoms with Crippen LogP contribution in [0.5, 0.6) is 0 Å². The highest BCUT2D eigenvalue weighted by Gasteiger charge is 2.07. The van der Waals surface area contributed by atoms with Crippen molar-refractivity contribution < 1.29 is 4.79 Å². The van der Waals surface area contributed by atoms with Gasteiger partial charge >= 0.3 is 0 Å². The molecule has 0 N–H and O–H groups in total. The molecule has 1 aromatic heterocycles. The van der Waals surface area contributed by atoms with Crippen LogP contribution in [-0.4, -0.2) is 16.1 Å². The topological polar surface area (TPSA) is 22.0 Å². The second-order valence-corrected chi connectivity index (χ2v) is 5.39. The average Bonchev–Trinajstić information content (AvgIpc) is 2.78. The van der Waals surface area contributed by atoms with E-state index in [-0.39, 0.29) is 5.78 Å². The van der Waals surface area contributed by atoms with Crippen molar-refractivity contribution in [2.24, 2.45) is 7.05 Å². The number of aromatic nitrogens is 1. The molecule has 1 heterocycles. The molecule has 3 heteroatoms. The van der Waals surface area contributed by atoms with Gasteiger partial charge in [0.25, 0.3) is 0 Å². The minimum Gasteiger partial charge on any atom is -0.357 e. The molecule has 1 aromatic carbocycles. The highest BCUT2D eigenvalue weighted by Crippen LogP contribution is 2.17. The molecule has 2 nitrogen and oxygen atoms in total. The maximum absolute atomic E-state index is 11.9. The minimum atomic E-state index is 0.203. The van der Waals surface area contributed by atoms with Crippen LogP contribution in [0.1, 0.15) is 21.5 Å². The Bertz CT molecular complexity index is 545. The predicted octanol–water partition coefficient (Wildman–Crippen LogP) is 3.45. The van der Waals surface area contributed by atoms with Gasteiger partial charge in [-0.1, -0.05) is 24.3 Å². The number of carbonyl (C=O) groups is 1. The molecule has 0 bridgehead atoms. The van der Waals surface area contributed by atoms with Crippen LogP contribution in [0.2, 0.25) is 0 Å². The predicted molar refractivity (Wildman–Crippen MR) is 77.1 cm³/mol. The Balaban J connectivity index is 1.86. The van der Waals surface area contributed by atoms with E-state index in [1.54, 1.807) is 11.8 Å². The first-order valence-electron chi connectivity index (χ1n) is 5.94. The van der Waals surface area contributed by atoms with E-state index in [2.05, 4.69) is 19.1 Å². The number of ketones is 1. The monoisotopic (exact) mass is 259 g/mol. The lowest BCUT2D eigenvalue weighted by molar-refractivity contribution is 0.102. The smallest absolute Gasteiger partial charge is 0.174 e. The van der Waals surface area contributed by atoms with Crippen LogP contribution in [0.15, 0.2) is 42.7 Å². The average molecular weight is 259 g/mol. The van der Waals surface area contributed by atoms with Crippen molar-refractivity contribution in [3.63, 3.8) is 0 Å². The summed E-state index contributed by atoms with van der Waals surface area (Å²) in [5.74, 6) is 1.64. The third-order valence-corrected chi connectivity index (χ3v) is 3.89. The summed E-state index contributed by atoms with van der Waals surface area (Å²) in [6.45, 7) is 2.11. The second kappa shape index (κ2) is 5.91. The van der Waals surface area contributed by atoms with E-state index >= 15 is 0 Å². The normalized spacial score (nSPS) is 10.6. The Morgan fingerprint density at radius 1 is 1.28 bits per heavy atom. The molecule has 0 radical (unpaired) electrons. The van der Waals surface area contributed by atoms with Crippen LogP contribution >= 0.6 is 11.8 Å². The van der Waals surface area contributed by atoms with Gasteiger partial charge in [-0.2, -0.15) is 0 Å². The van der Waals surface area contributed by atoms with E-state index in [0.29, 0.717) is 5.75 Å². The zero-order chi connectivity index (χ0) is 13.0. The van der Waals surface area contributed by atoms with E-state index in [0.717, 1.165) is 11.3 Å². The van der Waals surface area contributed by atoms with Crippen molar-refractivity contribution >= 4 is 17.5 Å². The van der Waals surface area contributed by atoms with Gasteiger partial charge in [0.1, 0.15) is 0 Å². The summed E-state index contributed by atoms with van der Waals surface area (Å²) in [5, 5.41) is 0. The quantitative estimate of drug-likeness (QED) is 0.767. The third-order valence-electron chi connectivity index (χ3n) is 2.91. The number of hydrogen-bond acceptors (Lipinski definition) is 2. The molecule has 2 aromatic rings. The summed E-state index contributed by atoms with van der Waals surface area (Å²) in [6.07, 6.45) is 3.77. The first-order chi connectivity index (χ1) is 8.66. The van der Waals surface area contributed by atoms with E-state index in [1.807, 2.05) is 42.2 Å². The third kappa shape index (κ3) is 3.26. The summed E-state index contributed by atoms with van der Waals surface area (Å²) in [7, 11) is 1.93. The lowest BCUT2D eigenvalue weighted by Gasteiger charge is -2.04. The number of hydrogen-bond donors (Lipinski definition) is 0. The first-order valence-corrected chi connectivity index (χ1v) is 7.09. The van der Waals surface area contributed by atoms with Crippen LogP contribution in [-0.2, 0) is 12.8 Å². The van der Waals surface area contributed by atoms with Crippen molar-refractivity contribution in [3.8, 4) is 0 Å². The number of benzene rings is 1. The molecule has 94 valence electrons. The lowest BCUT2D eigenvalue weighted by atomic mass is 10.1. The van der Waals surface area contributed by atoms with E-state index < -0.39 is 0 Å². The maximum atomic E-state index is 11.9. The number of aryl methyl sites for hydroxylation is 2. The summed E-state index contributed by atoms with van der Waals surface area (Å²) < 4.78 is 1.90. The molecule has 0 saturated heterocycles. The molecule has 0 atom stereocenters. The fourth-order valence-corrected chi connectivity index (χ4v) is 2.78. The zero-order valence-electron chi connectivity index (χ0n) is 10.7. The zero-order valence-corrected chi connectivity index (χ0v) is 11.5. The van der Waals surface area contributed by atoms with Gasteiger partial charge in [0.05, 0.1) is 5.75 Å². The summed E-state index contributed by atoms with van der Waals surface area (Å²) in [6, 6.07) is 10.2. The van der Waals surface area contributed by atoms with Crippen molar-refractivity contribution in [1.29, 1.82) is 0 Å². The Morgan fingerprint density at radius 2 is 2.06 bits per heavy atom. The molecule has 0 aliphatic heterocycles. The molecular weight excluding hydrogens is 242 g/mol. The Morgan fingerprint density at radius 3 is 2.72 bits per heavy atom. The molecule has 0 aliphatic carbocycles. The van der Waals surface area contributed by atoms with Crippen LogP contribution < -0.4 is 0 Å². The van der Waals surface area contributed by atoms with Crippen LogP contribution in [0.4, 0.5) is 0 Å². The molecule has 0 saturated carbocycles. The largest absolute Gasteiger partial charge is 0.357 e. The fraction of sp³-hybridized carbons (Fsp3) is 0.267. The van der Waals surface area contributed by atoms with Crippen LogP contribution in [0, 0.1) is 6.92 Å². The lowest BCUT2D eigenvalue weighted by Crippen LogP contribution is -2.01. The summed E-state index contributed by atoms with van der Waals surface area (Å²) in [5.41, 5.74) is 3.40. The van der Waals surface area contributed by atoms with Gasteiger partial charge in [-0.3, -0.25) is 4.79 Å². The fourth-order valence-electron chi connectivity index (χ4n) is 1.78. The molecule has 0 fully saturated rings. The number of carbonyl (C=O) groups excluding carboxylic acids is 1.